The minimum atomic E-state index is -0.835. The SMILES string of the molecule is CC/C=C\C/C=C\C/C=C\C/C=C\C/C=C\C/C=C\C/C=C\C/C=C\C/C=C\CCCCCC(=O)OCC(COC(=O)CC/C=C\C/C=C\C/C=C\C/C=C\CC)OC(=O)CCCCCCCCCCC/C=C\C/C=C\CCCCCCC. The molecule has 6 heteroatoms. The molecule has 0 amide bonds. The van der Waals surface area contributed by atoms with E-state index in [0.717, 1.165) is 135 Å². The van der Waals surface area contributed by atoms with E-state index >= 15 is 0 Å². The van der Waals surface area contributed by atoms with Gasteiger partial charge in [-0.1, -0.05) is 280 Å². The van der Waals surface area contributed by atoms with Gasteiger partial charge in [-0.25, -0.2) is 0 Å². The highest BCUT2D eigenvalue weighted by Gasteiger charge is 2.19. The fourth-order valence-electron chi connectivity index (χ4n) is 8.48. The first-order valence-corrected chi connectivity index (χ1v) is 33.3. The lowest BCUT2D eigenvalue weighted by atomic mass is 10.1. The predicted molar refractivity (Wildman–Crippen MR) is 361 cm³/mol. The molecular weight excluding hydrogens is 1020 g/mol. The van der Waals surface area contributed by atoms with Gasteiger partial charge in [0.1, 0.15) is 13.2 Å². The van der Waals surface area contributed by atoms with Crippen molar-refractivity contribution < 1.29 is 28.6 Å². The summed E-state index contributed by atoms with van der Waals surface area (Å²) in [6.07, 6.45) is 103. The molecule has 0 aromatic carbocycles. The summed E-state index contributed by atoms with van der Waals surface area (Å²) >= 11 is 0. The van der Waals surface area contributed by atoms with E-state index in [-0.39, 0.29) is 37.5 Å². The number of rotatable bonds is 58. The third kappa shape index (κ3) is 67.2. The molecule has 0 bridgehead atoms. The molecule has 0 radical (unpaired) electrons. The van der Waals surface area contributed by atoms with Crippen LogP contribution < -0.4 is 0 Å². The number of carbonyl (C=O) groups excluding carboxylic acids is 3. The Bertz CT molecular complexity index is 1940. The predicted octanol–water partition coefficient (Wildman–Crippen LogP) is 23.2. The second-order valence-corrected chi connectivity index (χ2v) is 21.3. The van der Waals surface area contributed by atoms with Gasteiger partial charge in [-0.15, -0.1) is 0 Å². The Morgan fingerprint density at radius 1 is 0.253 bits per heavy atom. The van der Waals surface area contributed by atoms with Crippen LogP contribution in [0.1, 0.15) is 265 Å². The number of ether oxygens (including phenoxy) is 3. The van der Waals surface area contributed by atoms with Gasteiger partial charge in [-0.2, -0.15) is 0 Å². The molecule has 0 aliphatic rings. The van der Waals surface area contributed by atoms with Gasteiger partial charge in [0.2, 0.25) is 0 Å². The molecule has 464 valence electrons. The zero-order valence-corrected chi connectivity index (χ0v) is 53.1. The van der Waals surface area contributed by atoms with Crippen LogP contribution in [0.25, 0.3) is 0 Å². The Morgan fingerprint density at radius 3 is 0.819 bits per heavy atom. The van der Waals surface area contributed by atoms with Crippen LogP contribution in [0.15, 0.2) is 182 Å². The van der Waals surface area contributed by atoms with Crippen molar-refractivity contribution in [1.82, 2.24) is 0 Å². The summed E-state index contributed by atoms with van der Waals surface area (Å²) in [5.41, 5.74) is 0. The lowest BCUT2D eigenvalue weighted by Gasteiger charge is -2.18. The molecule has 6 nitrogen and oxygen atoms in total. The molecule has 0 aromatic heterocycles. The first-order valence-electron chi connectivity index (χ1n) is 33.3. The van der Waals surface area contributed by atoms with Gasteiger partial charge < -0.3 is 14.2 Å². The maximum absolute atomic E-state index is 12.9. The molecule has 0 aromatic rings. The summed E-state index contributed by atoms with van der Waals surface area (Å²) in [6, 6.07) is 0. The van der Waals surface area contributed by atoms with Gasteiger partial charge in [0, 0.05) is 19.3 Å². The number of allylic oxidation sites excluding steroid dienone is 30. The van der Waals surface area contributed by atoms with E-state index in [1.54, 1.807) is 0 Å². The fourth-order valence-corrected chi connectivity index (χ4v) is 8.48. The molecule has 0 rings (SSSR count). The Hall–Kier alpha value is -5.49. The highest BCUT2D eigenvalue weighted by Crippen LogP contribution is 2.14. The van der Waals surface area contributed by atoms with E-state index in [1.807, 2.05) is 12.2 Å². The normalized spacial score (nSPS) is 13.3. The largest absolute Gasteiger partial charge is 0.462 e. The van der Waals surface area contributed by atoms with Crippen LogP contribution in [0.3, 0.4) is 0 Å². The third-order valence-electron chi connectivity index (χ3n) is 13.4. The van der Waals surface area contributed by atoms with Crippen molar-refractivity contribution in [3.05, 3.63) is 182 Å². The molecule has 0 saturated heterocycles. The average molecular weight is 1140 g/mol. The second kappa shape index (κ2) is 69.0. The molecule has 0 heterocycles. The molecule has 0 aliphatic carbocycles. The number of unbranched alkanes of at least 4 members (excludes halogenated alkanes) is 17. The summed E-state index contributed by atoms with van der Waals surface area (Å²) in [6.45, 7) is 6.30. The second-order valence-electron chi connectivity index (χ2n) is 21.3. The van der Waals surface area contributed by atoms with Crippen LogP contribution in [0.5, 0.6) is 0 Å². The van der Waals surface area contributed by atoms with Gasteiger partial charge in [0.15, 0.2) is 6.10 Å². The fraction of sp³-hybridized carbons (Fsp3) is 0.571. The summed E-state index contributed by atoms with van der Waals surface area (Å²) in [4.78, 5) is 38.3. The van der Waals surface area contributed by atoms with Gasteiger partial charge in [-0.3, -0.25) is 14.4 Å². The number of hydrogen-bond acceptors (Lipinski definition) is 6. The lowest BCUT2D eigenvalue weighted by molar-refractivity contribution is -0.166. The zero-order valence-electron chi connectivity index (χ0n) is 53.1. The van der Waals surface area contributed by atoms with Crippen LogP contribution in [0, 0.1) is 0 Å². The highest BCUT2D eigenvalue weighted by molar-refractivity contribution is 5.71. The summed E-state index contributed by atoms with van der Waals surface area (Å²) < 4.78 is 16.8. The maximum atomic E-state index is 12.9. The Kier molecular flexibility index (Phi) is 64.4. The van der Waals surface area contributed by atoms with Crippen LogP contribution in [-0.4, -0.2) is 37.2 Å². The van der Waals surface area contributed by atoms with E-state index in [4.69, 9.17) is 14.2 Å². The Balaban J connectivity index is 4.46. The van der Waals surface area contributed by atoms with Crippen molar-refractivity contribution in [3.63, 3.8) is 0 Å². The minimum absolute atomic E-state index is 0.128. The van der Waals surface area contributed by atoms with Gasteiger partial charge in [0.25, 0.3) is 0 Å². The molecule has 0 spiro atoms. The average Bonchev–Trinajstić information content (AvgIpc) is 3.49. The van der Waals surface area contributed by atoms with Gasteiger partial charge in [0.05, 0.1) is 0 Å². The summed E-state index contributed by atoms with van der Waals surface area (Å²) in [7, 11) is 0. The van der Waals surface area contributed by atoms with Crippen molar-refractivity contribution in [1.29, 1.82) is 0 Å². The van der Waals surface area contributed by atoms with Crippen LogP contribution in [0.4, 0.5) is 0 Å². The molecule has 0 aliphatic heterocycles. The van der Waals surface area contributed by atoms with Gasteiger partial charge >= 0.3 is 17.9 Å². The summed E-state index contributed by atoms with van der Waals surface area (Å²) in [5, 5.41) is 0. The van der Waals surface area contributed by atoms with Crippen LogP contribution >= 0.6 is 0 Å². The number of carbonyl (C=O) groups is 3. The van der Waals surface area contributed by atoms with Crippen LogP contribution in [-0.2, 0) is 28.6 Å². The smallest absolute Gasteiger partial charge is 0.306 e. The topological polar surface area (TPSA) is 78.9 Å². The monoisotopic (exact) mass is 1140 g/mol. The highest BCUT2D eigenvalue weighted by atomic mass is 16.6. The molecule has 83 heavy (non-hydrogen) atoms. The van der Waals surface area contributed by atoms with E-state index < -0.39 is 6.10 Å². The standard InChI is InChI=1S/C77H120O6/c1-4-7-10-13-16-19-22-25-27-29-31-33-34-35-36-37-38-39-40-41-42-44-45-47-49-52-55-58-61-64-67-70-76(79)82-73-74(72-81-75(78)69-66-63-60-57-54-51-24-21-18-15-12-9-6-3)83-77(80)71-68-65-62-59-56-53-50-48-46-43-32-30-28-26-23-20-17-14-11-8-5-2/h7,9-10,12,16,18-19,21,23,25-27,30-33,35-36,38-39,41-42,45,47,51-52,54-55,60,63,74H,4-6,8,11,13-15,17,20,22,24,28-29,34,37,40,43-44,46,48-50,53,56-59,61-62,64-73H2,1-3H3/b10-7-,12-9-,19-16-,21-18-,26-23-,27-25-,32-30-,33-31-,36-35-,39-38-,42-41-,47-45-,54-51-,55-52-,63-60-. The number of hydrogen-bond donors (Lipinski definition) is 0. The van der Waals surface area contributed by atoms with E-state index in [2.05, 4.69) is 191 Å². The van der Waals surface area contributed by atoms with Crippen molar-refractivity contribution in [2.45, 2.75) is 271 Å². The lowest BCUT2D eigenvalue weighted by Crippen LogP contribution is -2.30. The van der Waals surface area contributed by atoms with E-state index in [0.29, 0.717) is 19.3 Å². The van der Waals surface area contributed by atoms with Crippen molar-refractivity contribution in [2.75, 3.05) is 13.2 Å². The molecule has 1 atom stereocenters. The first-order chi connectivity index (χ1) is 41.0. The van der Waals surface area contributed by atoms with E-state index in [9.17, 15) is 14.4 Å². The Morgan fingerprint density at radius 2 is 0.494 bits per heavy atom. The maximum Gasteiger partial charge on any atom is 0.306 e. The quantitative estimate of drug-likeness (QED) is 0.0261. The molecule has 0 saturated carbocycles. The van der Waals surface area contributed by atoms with Crippen molar-refractivity contribution in [2.24, 2.45) is 0 Å². The van der Waals surface area contributed by atoms with Crippen molar-refractivity contribution in [3.8, 4) is 0 Å². The molecule has 0 N–H and O–H groups in total. The molecular formula is C77H120O6. The molecule has 1 unspecified atom stereocenters. The van der Waals surface area contributed by atoms with Gasteiger partial charge in [-0.05, 0) is 148 Å². The zero-order chi connectivity index (χ0) is 59.9. The Labute approximate surface area is 510 Å². The van der Waals surface area contributed by atoms with E-state index in [1.165, 1.54) is 83.5 Å². The molecule has 0 fully saturated rings. The van der Waals surface area contributed by atoms with Crippen LogP contribution in [0.2, 0.25) is 0 Å². The minimum Gasteiger partial charge on any atom is -0.462 e. The first kappa shape index (κ1) is 77.5. The third-order valence-corrected chi connectivity index (χ3v) is 13.4. The summed E-state index contributed by atoms with van der Waals surface area (Å²) in [5.74, 6) is -1.05. The number of esters is 3. The van der Waals surface area contributed by atoms with Crippen molar-refractivity contribution >= 4 is 17.9 Å².